The Bertz CT molecular complexity index is 665. The normalized spacial score (nSPS) is 14.3. The molecule has 0 aliphatic heterocycles. The lowest BCUT2D eigenvalue weighted by Crippen LogP contribution is -2.42. The predicted molar refractivity (Wildman–Crippen MR) is 93.6 cm³/mol. The van der Waals surface area contributed by atoms with Gasteiger partial charge in [-0.05, 0) is 24.6 Å². The molecule has 0 amide bonds. The van der Waals surface area contributed by atoms with Crippen molar-refractivity contribution < 1.29 is 9.53 Å². The Morgan fingerprint density at radius 2 is 2.00 bits per heavy atom. The fourth-order valence-corrected chi connectivity index (χ4v) is 3.15. The van der Waals surface area contributed by atoms with Gasteiger partial charge >= 0.3 is 0 Å². The molecule has 7 nitrogen and oxygen atoms in total. The van der Waals surface area contributed by atoms with E-state index in [0.717, 1.165) is 0 Å². The van der Waals surface area contributed by atoms with E-state index in [4.69, 9.17) is 10.2 Å². The van der Waals surface area contributed by atoms with E-state index >= 15 is 0 Å². The number of fused-ring (bicyclic) bond motifs is 1. The highest BCUT2D eigenvalue weighted by Crippen LogP contribution is 2.37. The Morgan fingerprint density at radius 1 is 1.30 bits per heavy atom. The van der Waals surface area contributed by atoms with Gasteiger partial charge in [-0.2, -0.15) is 0 Å². The SMILES string of the molecule is CC(C)(C)[Si](C)(C)OCC(CCO)n1cnc2c(N)ncnc21. The predicted octanol–water partition coefficient (Wildman–Crippen LogP) is 2.35. The van der Waals surface area contributed by atoms with Gasteiger partial charge in [0, 0.05) is 6.61 Å². The Kier molecular flexibility index (Phi) is 5.07. The van der Waals surface area contributed by atoms with Crippen LogP contribution in [0.1, 0.15) is 33.2 Å². The van der Waals surface area contributed by atoms with Crippen LogP contribution in [0.2, 0.25) is 18.1 Å². The smallest absolute Gasteiger partial charge is 0.192 e. The van der Waals surface area contributed by atoms with Crippen molar-refractivity contribution in [3.63, 3.8) is 0 Å². The van der Waals surface area contributed by atoms with Crippen LogP contribution in [0.5, 0.6) is 0 Å². The maximum atomic E-state index is 9.42. The third-order valence-electron chi connectivity index (χ3n) is 4.69. The van der Waals surface area contributed by atoms with Crippen LogP contribution < -0.4 is 5.73 Å². The third kappa shape index (κ3) is 3.70. The van der Waals surface area contributed by atoms with Crippen LogP contribution in [-0.4, -0.2) is 46.2 Å². The Hall–Kier alpha value is -1.51. The van der Waals surface area contributed by atoms with Gasteiger partial charge in [0.2, 0.25) is 0 Å². The molecule has 0 bridgehead atoms. The third-order valence-corrected chi connectivity index (χ3v) is 9.19. The standard InChI is InChI=1S/C15H27N5O2Si/c1-15(2,3)23(4,5)22-8-11(6-7-21)20-10-19-12-13(16)17-9-18-14(12)20/h9-11,21H,6-8H2,1-5H3,(H2,16,17,18). The van der Waals surface area contributed by atoms with Gasteiger partial charge in [0.15, 0.2) is 19.8 Å². The molecule has 1 atom stereocenters. The number of aliphatic hydroxyl groups excluding tert-OH is 1. The van der Waals surface area contributed by atoms with Crippen LogP contribution in [-0.2, 0) is 4.43 Å². The second-order valence-corrected chi connectivity index (χ2v) is 12.1. The first kappa shape index (κ1) is 17.8. The fourth-order valence-electron chi connectivity index (χ4n) is 2.11. The number of rotatable bonds is 6. The lowest BCUT2D eigenvalue weighted by Gasteiger charge is -2.37. The molecule has 2 aromatic heterocycles. The van der Waals surface area contributed by atoms with Gasteiger partial charge in [-0.15, -0.1) is 0 Å². The highest BCUT2D eigenvalue weighted by Gasteiger charge is 2.37. The molecular weight excluding hydrogens is 310 g/mol. The fraction of sp³-hybridized carbons (Fsp3) is 0.667. The minimum Gasteiger partial charge on any atom is -0.415 e. The molecule has 23 heavy (non-hydrogen) atoms. The van der Waals surface area contributed by atoms with Gasteiger partial charge in [0.05, 0.1) is 19.0 Å². The van der Waals surface area contributed by atoms with E-state index in [0.29, 0.717) is 30.0 Å². The molecule has 1 unspecified atom stereocenters. The van der Waals surface area contributed by atoms with E-state index in [9.17, 15) is 5.11 Å². The first-order valence-electron chi connectivity index (χ1n) is 7.85. The number of imidazole rings is 1. The lowest BCUT2D eigenvalue weighted by molar-refractivity contribution is 0.191. The average Bonchev–Trinajstić information content (AvgIpc) is 2.87. The maximum absolute atomic E-state index is 9.42. The summed E-state index contributed by atoms with van der Waals surface area (Å²) in [6, 6.07) is -0.0339. The number of nitrogens with zero attached hydrogens (tertiary/aromatic N) is 4. The Labute approximate surface area is 138 Å². The molecular formula is C15H27N5O2Si. The summed E-state index contributed by atoms with van der Waals surface area (Å²) < 4.78 is 8.24. The van der Waals surface area contributed by atoms with Gasteiger partial charge < -0.3 is 19.8 Å². The largest absolute Gasteiger partial charge is 0.415 e. The van der Waals surface area contributed by atoms with Crippen molar-refractivity contribution in [3.8, 4) is 0 Å². The first-order valence-corrected chi connectivity index (χ1v) is 10.8. The van der Waals surface area contributed by atoms with Gasteiger partial charge in [0.25, 0.3) is 0 Å². The second-order valence-electron chi connectivity index (χ2n) is 7.32. The van der Waals surface area contributed by atoms with Crippen molar-refractivity contribution in [1.82, 2.24) is 19.5 Å². The molecule has 0 aliphatic carbocycles. The zero-order chi connectivity index (χ0) is 17.3. The van der Waals surface area contributed by atoms with Gasteiger partial charge in [0.1, 0.15) is 11.8 Å². The van der Waals surface area contributed by atoms with E-state index < -0.39 is 8.32 Å². The van der Waals surface area contributed by atoms with Gasteiger partial charge in [-0.3, -0.25) is 0 Å². The van der Waals surface area contributed by atoms with Crippen LogP contribution in [0.15, 0.2) is 12.7 Å². The zero-order valence-corrected chi connectivity index (χ0v) is 15.6. The summed E-state index contributed by atoms with van der Waals surface area (Å²) in [5.41, 5.74) is 7.10. The molecule has 3 N–H and O–H groups in total. The van der Waals surface area contributed by atoms with Crippen molar-refractivity contribution in [2.45, 2.75) is 51.4 Å². The average molecular weight is 338 g/mol. The highest BCUT2D eigenvalue weighted by atomic mass is 28.4. The summed E-state index contributed by atoms with van der Waals surface area (Å²) in [5.74, 6) is 0.363. The summed E-state index contributed by atoms with van der Waals surface area (Å²) in [4.78, 5) is 12.5. The number of aromatic nitrogens is 4. The molecule has 2 rings (SSSR count). The Balaban J connectivity index is 2.26. The summed E-state index contributed by atoms with van der Waals surface area (Å²) in [6.07, 6.45) is 3.70. The van der Waals surface area contributed by atoms with Crippen LogP contribution >= 0.6 is 0 Å². The Morgan fingerprint density at radius 3 is 2.61 bits per heavy atom. The van der Waals surface area contributed by atoms with Crippen molar-refractivity contribution >= 4 is 25.3 Å². The number of hydrogen-bond donors (Lipinski definition) is 2. The van der Waals surface area contributed by atoms with Crippen molar-refractivity contribution in [2.24, 2.45) is 0 Å². The molecule has 2 aromatic rings. The first-order chi connectivity index (χ1) is 10.7. The van der Waals surface area contributed by atoms with Crippen molar-refractivity contribution in [2.75, 3.05) is 18.9 Å². The molecule has 128 valence electrons. The summed E-state index contributed by atoms with van der Waals surface area (Å²) in [7, 11) is -1.86. The van der Waals surface area contributed by atoms with E-state index in [2.05, 4.69) is 48.8 Å². The highest BCUT2D eigenvalue weighted by molar-refractivity contribution is 6.74. The van der Waals surface area contributed by atoms with E-state index in [1.165, 1.54) is 6.33 Å². The topological polar surface area (TPSA) is 99.1 Å². The van der Waals surface area contributed by atoms with E-state index in [1.807, 2.05) is 4.57 Å². The van der Waals surface area contributed by atoms with Crippen LogP contribution in [0.3, 0.4) is 0 Å². The quantitative estimate of drug-likeness (QED) is 0.785. The molecule has 2 heterocycles. The molecule has 0 fully saturated rings. The molecule has 0 aliphatic rings. The lowest BCUT2D eigenvalue weighted by atomic mass is 10.2. The maximum Gasteiger partial charge on any atom is 0.192 e. The number of nitrogen functional groups attached to an aromatic ring is 1. The zero-order valence-electron chi connectivity index (χ0n) is 14.6. The molecule has 0 spiro atoms. The number of aliphatic hydroxyl groups is 1. The summed E-state index contributed by atoms with van der Waals surface area (Å²) in [5, 5.41) is 9.56. The van der Waals surface area contributed by atoms with Crippen molar-refractivity contribution in [1.29, 1.82) is 0 Å². The second kappa shape index (κ2) is 6.54. The van der Waals surface area contributed by atoms with Crippen LogP contribution in [0.25, 0.3) is 11.2 Å². The monoisotopic (exact) mass is 337 g/mol. The number of nitrogens with two attached hydrogens (primary N) is 1. The van der Waals surface area contributed by atoms with Crippen LogP contribution in [0.4, 0.5) is 5.82 Å². The molecule has 0 radical (unpaired) electrons. The summed E-state index contributed by atoms with van der Waals surface area (Å²) >= 11 is 0. The molecule has 0 saturated heterocycles. The van der Waals surface area contributed by atoms with E-state index in [-0.39, 0.29) is 17.7 Å². The summed E-state index contributed by atoms with van der Waals surface area (Å²) in [6.45, 7) is 11.7. The number of anilines is 1. The van der Waals surface area contributed by atoms with Crippen molar-refractivity contribution in [3.05, 3.63) is 12.7 Å². The van der Waals surface area contributed by atoms with Crippen LogP contribution in [0, 0.1) is 0 Å². The minimum absolute atomic E-state index is 0.0339. The van der Waals surface area contributed by atoms with Gasteiger partial charge in [-0.25, -0.2) is 15.0 Å². The minimum atomic E-state index is -1.86. The molecule has 0 saturated carbocycles. The molecule has 8 heteroatoms. The van der Waals surface area contributed by atoms with E-state index in [1.54, 1.807) is 6.33 Å². The van der Waals surface area contributed by atoms with Gasteiger partial charge in [-0.1, -0.05) is 20.8 Å². The molecule has 0 aromatic carbocycles. The number of hydrogen-bond acceptors (Lipinski definition) is 6.